The van der Waals surface area contributed by atoms with E-state index in [1.165, 1.54) is 22.9 Å². The predicted molar refractivity (Wildman–Crippen MR) is 142 cm³/mol. The van der Waals surface area contributed by atoms with E-state index in [4.69, 9.17) is 4.74 Å². The van der Waals surface area contributed by atoms with E-state index in [-0.39, 0.29) is 40.0 Å². The third kappa shape index (κ3) is 5.33. The maximum Gasteiger partial charge on any atom is 0.423 e. The number of ether oxygens (including phenoxy) is 1. The fourth-order valence-electron chi connectivity index (χ4n) is 5.56. The van der Waals surface area contributed by atoms with Crippen LogP contribution in [0.15, 0.2) is 46.4 Å². The summed E-state index contributed by atoms with van der Waals surface area (Å²) in [6.45, 7) is 1.36. The first-order chi connectivity index (χ1) is 19.7. The van der Waals surface area contributed by atoms with Crippen LogP contribution in [0.4, 0.5) is 29.1 Å². The number of anilines is 2. The minimum atomic E-state index is -4.84. The monoisotopic (exact) mass is 571 g/mol. The largest absolute Gasteiger partial charge is 0.486 e. The van der Waals surface area contributed by atoms with Gasteiger partial charge in [-0.15, -0.1) is 0 Å². The summed E-state index contributed by atoms with van der Waals surface area (Å²) in [6, 6.07) is 4.09. The molecule has 0 bridgehead atoms. The molecule has 0 amide bonds. The van der Waals surface area contributed by atoms with Gasteiger partial charge in [0, 0.05) is 18.8 Å². The van der Waals surface area contributed by atoms with Crippen LogP contribution in [0.3, 0.4) is 0 Å². The first-order valence-corrected chi connectivity index (χ1v) is 13.2. The number of halogens is 4. The molecule has 6 rings (SSSR count). The topological polar surface area (TPSA) is 127 Å². The molecule has 4 heterocycles. The second-order valence-electron chi connectivity index (χ2n) is 10.2. The van der Waals surface area contributed by atoms with Crippen LogP contribution in [0.25, 0.3) is 22.2 Å². The van der Waals surface area contributed by atoms with Gasteiger partial charge in [-0.25, -0.2) is 19.5 Å². The van der Waals surface area contributed by atoms with Crippen LogP contribution in [0.2, 0.25) is 0 Å². The number of pyridine rings is 1. The highest BCUT2D eigenvalue weighted by Crippen LogP contribution is 2.34. The molecule has 1 saturated carbocycles. The first kappa shape index (κ1) is 26.7. The van der Waals surface area contributed by atoms with Gasteiger partial charge < -0.3 is 19.9 Å². The average molecular weight is 572 g/mol. The van der Waals surface area contributed by atoms with Crippen molar-refractivity contribution in [3.63, 3.8) is 0 Å². The van der Waals surface area contributed by atoms with Gasteiger partial charge in [-0.05, 0) is 48.8 Å². The lowest BCUT2D eigenvalue weighted by Crippen LogP contribution is -2.33. The number of nitrogens with zero attached hydrogens (tertiary/aromatic N) is 4. The minimum Gasteiger partial charge on any atom is -0.486 e. The molecule has 3 N–H and O–H groups in total. The van der Waals surface area contributed by atoms with Crippen LogP contribution in [0.1, 0.15) is 31.2 Å². The smallest absolute Gasteiger partial charge is 0.423 e. The molecule has 2 atom stereocenters. The number of aromatic nitrogens is 5. The number of hydrogen-bond donors (Lipinski definition) is 3. The van der Waals surface area contributed by atoms with Crippen LogP contribution in [-0.2, 0) is 12.7 Å². The Morgan fingerprint density at radius 2 is 2.02 bits per heavy atom. The molecule has 0 saturated heterocycles. The SMILES string of the molecule is O=c1[nH]ncc(N[C@H]2CCC[C@@H](Cn3ccc4cc(-c5ncc6c(n5)NCCO6)c(F)cc4c3=O)C2)c1C(F)(F)F. The molecular formula is C27H25F4N7O3. The minimum absolute atomic E-state index is 0.0246. The van der Waals surface area contributed by atoms with Gasteiger partial charge in [-0.3, -0.25) is 9.59 Å². The fourth-order valence-corrected chi connectivity index (χ4v) is 5.56. The van der Waals surface area contributed by atoms with Gasteiger partial charge >= 0.3 is 6.18 Å². The average Bonchev–Trinajstić information content (AvgIpc) is 2.94. The van der Waals surface area contributed by atoms with Crippen molar-refractivity contribution in [2.45, 2.75) is 44.4 Å². The Bertz CT molecular complexity index is 1740. The highest BCUT2D eigenvalue weighted by molar-refractivity contribution is 5.86. The molecule has 3 aromatic heterocycles. The van der Waals surface area contributed by atoms with Crippen molar-refractivity contribution in [1.82, 2.24) is 24.7 Å². The van der Waals surface area contributed by atoms with Crippen molar-refractivity contribution in [2.75, 3.05) is 23.8 Å². The Morgan fingerprint density at radius 3 is 2.85 bits per heavy atom. The molecule has 1 fully saturated rings. The number of benzene rings is 1. The van der Waals surface area contributed by atoms with E-state index in [0.717, 1.165) is 19.0 Å². The number of fused-ring (bicyclic) bond motifs is 2. The van der Waals surface area contributed by atoms with E-state index >= 15 is 4.39 Å². The van der Waals surface area contributed by atoms with E-state index in [2.05, 4.69) is 25.7 Å². The van der Waals surface area contributed by atoms with E-state index in [9.17, 15) is 22.8 Å². The van der Waals surface area contributed by atoms with Gasteiger partial charge in [0.25, 0.3) is 11.1 Å². The maximum atomic E-state index is 15.2. The molecule has 2 aliphatic rings. The van der Waals surface area contributed by atoms with Crippen LogP contribution in [0.5, 0.6) is 5.75 Å². The van der Waals surface area contributed by atoms with Gasteiger partial charge in [-0.1, -0.05) is 6.42 Å². The van der Waals surface area contributed by atoms with Crippen molar-refractivity contribution in [3.8, 4) is 17.1 Å². The molecule has 0 radical (unpaired) electrons. The van der Waals surface area contributed by atoms with Crippen LogP contribution >= 0.6 is 0 Å². The Hall–Kier alpha value is -4.49. The molecule has 14 heteroatoms. The fraction of sp³-hybridized carbons (Fsp3) is 0.370. The first-order valence-electron chi connectivity index (χ1n) is 13.2. The molecule has 214 valence electrons. The Labute approximate surface area is 229 Å². The number of nitrogens with one attached hydrogen (secondary N) is 3. The molecule has 1 aliphatic heterocycles. The molecule has 41 heavy (non-hydrogen) atoms. The van der Waals surface area contributed by atoms with Crippen molar-refractivity contribution in [3.05, 3.63) is 68.9 Å². The van der Waals surface area contributed by atoms with Crippen LogP contribution in [-0.4, -0.2) is 43.9 Å². The number of H-pyrrole nitrogens is 1. The quantitative estimate of drug-likeness (QED) is 0.305. The van der Waals surface area contributed by atoms with E-state index in [1.54, 1.807) is 12.3 Å². The molecule has 1 aromatic carbocycles. The van der Waals surface area contributed by atoms with E-state index in [0.29, 0.717) is 49.5 Å². The summed E-state index contributed by atoms with van der Waals surface area (Å²) in [6.07, 6.45) is 1.82. The zero-order valence-corrected chi connectivity index (χ0v) is 21.6. The van der Waals surface area contributed by atoms with Crippen molar-refractivity contribution in [1.29, 1.82) is 0 Å². The van der Waals surface area contributed by atoms with Crippen molar-refractivity contribution < 1.29 is 22.3 Å². The summed E-state index contributed by atoms with van der Waals surface area (Å²) in [5, 5.41) is 12.0. The molecule has 4 aromatic rings. The summed E-state index contributed by atoms with van der Waals surface area (Å²) < 4.78 is 62.5. The third-order valence-corrected chi connectivity index (χ3v) is 7.45. The lowest BCUT2D eigenvalue weighted by molar-refractivity contribution is -0.138. The highest BCUT2D eigenvalue weighted by Gasteiger charge is 2.38. The Morgan fingerprint density at radius 1 is 1.17 bits per heavy atom. The van der Waals surface area contributed by atoms with Gasteiger partial charge in [0.15, 0.2) is 17.4 Å². The van der Waals surface area contributed by atoms with Crippen molar-refractivity contribution in [2.24, 2.45) is 5.92 Å². The predicted octanol–water partition coefficient (Wildman–Crippen LogP) is 4.17. The molecule has 10 nitrogen and oxygen atoms in total. The standard InChI is InChI=1S/C27H25F4N7O3/c28-19-10-17-15(9-18(19)23-33-12-21-24(36-23)32-5-7-41-21)4-6-38(26(17)40)13-14-2-1-3-16(8-14)35-20-11-34-37-25(39)22(20)27(29,30)31/h4,6,9-12,14,16H,1-3,5,7-8,13H2,(H,32,33,36)(H2,35,37,39)/t14-,16+/m1/s1. The Balaban J connectivity index is 1.22. The number of alkyl halides is 3. The number of rotatable bonds is 5. The maximum absolute atomic E-state index is 15.2. The summed E-state index contributed by atoms with van der Waals surface area (Å²) in [5.41, 5.74) is -3.21. The zero-order valence-electron chi connectivity index (χ0n) is 21.6. The highest BCUT2D eigenvalue weighted by atomic mass is 19.4. The molecule has 0 spiro atoms. The second kappa shape index (κ2) is 10.5. The lowest BCUT2D eigenvalue weighted by Gasteiger charge is -2.31. The number of hydrogen-bond acceptors (Lipinski definition) is 8. The van der Waals surface area contributed by atoms with E-state index < -0.39 is 23.1 Å². The molecular weight excluding hydrogens is 546 g/mol. The second-order valence-corrected chi connectivity index (χ2v) is 10.2. The van der Waals surface area contributed by atoms with E-state index in [1.807, 2.05) is 5.10 Å². The molecule has 1 aliphatic carbocycles. The van der Waals surface area contributed by atoms with Gasteiger partial charge in [0.1, 0.15) is 18.0 Å². The lowest BCUT2D eigenvalue weighted by atomic mass is 9.85. The van der Waals surface area contributed by atoms with Crippen LogP contribution in [0, 0.1) is 11.7 Å². The Kier molecular flexibility index (Phi) is 6.83. The van der Waals surface area contributed by atoms with Crippen LogP contribution < -0.4 is 26.5 Å². The summed E-state index contributed by atoms with van der Waals surface area (Å²) >= 11 is 0. The summed E-state index contributed by atoms with van der Waals surface area (Å²) in [7, 11) is 0. The van der Waals surface area contributed by atoms with Gasteiger partial charge in [0.2, 0.25) is 0 Å². The zero-order chi connectivity index (χ0) is 28.7. The van der Waals surface area contributed by atoms with Gasteiger partial charge in [-0.2, -0.15) is 18.3 Å². The number of aromatic amines is 1. The normalized spacial score (nSPS) is 18.8. The third-order valence-electron chi connectivity index (χ3n) is 7.45. The van der Waals surface area contributed by atoms with Crippen molar-refractivity contribution >= 4 is 22.3 Å². The molecule has 0 unspecified atom stereocenters. The van der Waals surface area contributed by atoms with Gasteiger partial charge in [0.05, 0.1) is 35.6 Å². The summed E-state index contributed by atoms with van der Waals surface area (Å²) in [5.74, 6) is 0.456. The summed E-state index contributed by atoms with van der Waals surface area (Å²) in [4.78, 5) is 33.7.